The van der Waals surface area contributed by atoms with Gasteiger partial charge in [-0.3, -0.25) is 0 Å². The van der Waals surface area contributed by atoms with E-state index in [4.69, 9.17) is 5.84 Å². The zero-order chi connectivity index (χ0) is 13.1. The number of aromatic nitrogens is 1. The summed E-state index contributed by atoms with van der Waals surface area (Å²) >= 11 is 0. The van der Waals surface area contributed by atoms with Crippen molar-refractivity contribution in [2.24, 2.45) is 5.84 Å². The minimum atomic E-state index is -0.842. The molecule has 1 heterocycles. The molecule has 0 saturated heterocycles. The second-order valence-electron chi connectivity index (χ2n) is 3.73. The fourth-order valence-electron chi connectivity index (χ4n) is 1.50. The number of benzene rings is 1. The number of nitrogens with one attached hydrogen (secondary N) is 2. The van der Waals surface area contributed by atoms with Crippen LogP contribution in [0.1, 0.15) is 5.56 Å². The zero-order valence-corrected chi connectivity index (χ0v) is 9.67. The van der Waals surface area contributed by atoms with Gasteiger partial charge in [0.1, 0.15) is 0 Å². The number of anilines is 3. The van der Waals surface area contributed by atoms with Gasteiger partial charge in [0, 0.05) is 11.8 Å². The highest BCUT2D eigenvalue weighted by atomic mass is 19.1. The molecule has 0 aliphatic heterocycles. The number of hydrazine groups is 1. The first-order chi connectivity index (χ1) is 8.61. The number of hydrogen-bond acceptors (Lipinski definition) is 4. The monoisotopic (exact) mass is 250 g/mol. The maximum absolute atomic E-state index is 13.6. The fourth-order valence-corrected chi connectivity index (χ4v) is 1.50. The van der Waals surface area contributed by atoms with Crippen LogP contribution in [-0.2, 0) is 0 Å². The Kier molecular flexibility index (Phi) is 3.38. The van der Waals surface area contributed by atoms with Crippen molar-refractivity contribution < 1.29 is 8.78 Å². The van der Waals surface area contributed by atoms with Crippen LogP contribution >= 0.6 is 0 Å². The number of pyridine rings is 1. The van der Waals surface area contributed by atoms with Crippen molar-refractivity contribution in [2.75, 3.05) is 10.7 Å². The molecule has 0 saturated carbocycles. The number of halogens is 2. The summed E-state index contributed by atoms with van der Waals surface area (Å²) in [6.45, 7) is 1.87. The summed E-state index contributed by atoms with van der Waals surface area (Å²) in [4.78, 5) is 3.73. The summed E-state index contributed by atoms with van der Waals surface area (Å²) in [6, 6.07) is 8.03. The Labute approximate surface area is 103 Å². The van der Waals surface area contributed by atoms with Gasteiger partial charge in [-0.25, -0.2) is 19.6 Å². The van der Waals surface area contributed by atoms with Gasteiger partial charge < -0.3 is 10.7 Å². The van der Waals surface area contributed by atoms with Crippen LogP contribution in [0.4, 0.5) is 26.1 Å². The quantitative estimate of drug-likeness (QED) is 0.579. The van der Waals surface area contributed by atoms with E-state index in [0.717, 1.165) is 11.6 Å². The van der Waals surface area contributed by atoms with Crippen molar-refractivity contribution in [3.05, 3.63) is 47.5 Å². The largest absolute Gasteiger partial charge is 0.337 e. The van der Waals surface area contributed by atoms with Crippen LogP contribution in [0.2, 0.25) is 0 Å². The fraction of sp³-hybridized carbons (Fsp3) is 0.0833. The number of nitrogen functional groups attached to an aromatic ring is 1. The van der Waals surface area contributed by atoms with E-state index in [0.29, 0.717) is 5.69 Å². The molecule has 2 rings (SSSR count). The van der Waals surface area contributed by atoms with Crippen molar-refractivity contribution in [2.45, 2.75) is 6.92 Å². The van der Waals surface area contributed by atoms with Crippen molar-refractivity contribution in [3.63, 3.8) is 0 Å². The van der Waals surface area contributed by atoms with Crippen LogP contribution in [0.15, 0.2) is 30.3 Å². The minimum absolute atomic E-state index is 0.0846. The molecular formula is C12H12F2N4. The number of nitrogens with zero attached hydrogens (tertiary/aromatic N) is 1. The number of rotatable bonds is 3. The lowest BCUT2D eigenvalue weighted by atomic mass is 10.2. The Hall–Kier alpha value is -2.21. The zero-order valence-electron chi connectivity index (χ0n) is 9.67. The Morgan fingerprint density at radius 1 is 1.11 bits per heavy atom. The normalized spacial score (nSPS) is 10.2. The van der Waals surface area contributed by atoms with Crippen molar-refractivity contribution >= 4 is 17.3 Å². The van der Waals surface area contributed by atoms with Crippen molar-refractivity contribution in [1.29, 1.82) is 0 Å². The molecule has 0 fully saturated rings. The van der Waals surface area contributed by atoms with Crippen molar-refractivity contribution in [1.82, 2.24) is 4.98 Å². The molecule has 2 aromatic rings. The molecule has 0 bridgehead atoms. The average molecular weight is 250 g/mol. The van der Waals surface area contributed by atoms with Crippen LogP contribution < -0.4 is 16.6 Å². The van der Waals surface area contributed by atoms with Gasteiger partial charge in [0.2, 0.25) is 0 Å². The second kappa shape index (κ2) is 4.97. The average Bonchev–Trinajstić information content (AvgIpc) is 2.35. The number of nitrogens with two attached hydrogens (primary N) is 1. The molecule has 1 aromatic carbocycles. The highest BCUT2D eigenvalue weighted by Gasteiger charge is 2.11. The van der Waals surface area contributed by atoms with Gasteiger partial charge in [-0.1, -0.05) is 18.2 Å². The molecule has 0 atom stereocenters. The van der Waals surface area contributed by atoms with Gasteiger partial charge in [-0.15, -0.1) is 0 Å². The first kappa shape index (κ1) is 12.3. The molecule has 4 nitrogen and oxygen atoms in total. The predicted octanol–water partition coefficient (Wildman–Crippen LogP) is 2.70. The van der Waals surface area contributed by atoms with E-state index >= 15 is 0 Å². The maximum atomic E-state index is 13.6. The predicted molar refractivity (Wildman–Crippen MR) is 66.4 cm³/mol. The SMILES string of the molecule is Cc1ccccc1Nc1nc(NN)c(F)cc1F. The molecule has 0 unspecified atom stereocenters. The van der Waals surface area contributed by atoms with Crippen LogP contribution in [0.3, 0.4) is 0 Å². The second-order valence-corrected chi connectivity index (χ2v) is 3.73. The van der Waals surface area contributed by atoms with Gasteiger partial charge >= 0.3 is 0 Å². The summed E-state index contributed by atoms with van der Waals surface area (Å²) in [6.07, 6.45) is 0. The van der Waals surface area contributed by atoms with Crippen molar-refractivity contribution in [3.8, 4) is 0 Å². The van der Waals surface area contributed by atoms with Gasteiger partial charge in [0.15, 0.2) is 23.3 Å². The van der Waals surface area contributed by atoms with E-state index in [9.17, 15) is 8.78 Å². The molecule has 0 spiro atoms. The first-order valence-corrected chi connectivity index (χ1v) is 5.27. The summed E-state index contributed by atoms with van der Waals surface area (Å²) in [5.41, 5.74) is 3.69. The molecule has 94 valence electrons. The lowest BCUT2D eigenvalue weighted by Crippen LogP contribution is -2.12. The lowest BCUT2D eigenvalue weighted by Gasteiger charge is -2.11. The van der Waals surface area contributed by atoms with E-state index in [1.165, 1.54) is 0 Å². The molecular weight excluding hydrogens is 238 g/mol. The van der Waals surface area contributed by atoms with Crippen LogP contribution in [0, 0.1) is 18.6 Å². The first-order valence-electron chi connectivity index (χ1n) is 5.27. The molecule has 4 N–H and O–H groups in total. The van der Waals surface area contributed by atoms with Gasteiger partial charge in [0.05, 0.1) is 0 Å². The molecule has 0 amide bonds. The third kappa shape index (κ3) is 2.38. The lowest BCUT2D eigenvalue weighted by molar-refractivity contribution is 0.579. The highest BCUT2D eigenvalue weighted by molar-refractivity contribution is 5.62. The Balaban J connectivity index is 2.38. The van der Waals surface area contributed by atoms with E-state index in [2.05, 4.69) is 15.7 Å². The number of hydrogen-bond donors (Lipinski definition) is 3. The third-order valence-electron chi connectivity index (χ3n) is 2.46. The van der Waals surface area contributed by atoms with Gasteiger partial charge in [-0.2, -0.15) is 0 Å². The summed E-state index contributed by atoms with van der Waals surface area (Å²) < 4.78 is 26.7. The summed E-state index contributed by atoms with van der Waals surface area (Å²) in [7, 11) is 0. The smallest absolute Gasteiger partial charge is 0.178 e. The van der Waals surface area contributed by atoms with Gasteiger partial charge in [-0.05, 0) is 18.6 Å². The Morgan fingerprint density at radius 2 is 1.78 bits per heavy atom. The summed E-state index contributed by atoms with van der Waals surface area (Å²) in [5, 5.41) is 2.79. The minimum Gasteiger partial charge on any atom is -0.337 e. The van der Waals surface area contributed by atoms with Crippen LogP contribution in [0.5, 0.6) is 0 Å². The number of para-hydroxylation sites is 1. The van der Waals surface area contributed by atoms with Crippen LogP contribution in [0.25, 0.3) is 0 Å². The molecule has 18 heavy (non-hydrogen) atoms. The Bertz CT molecular complexity index is 572. The van der Waals surface area contributed by atoms with Gasteiger partial charge in [0.25, 0.3) is 0 Å². The third-order valence-corrected chi connectivity index (χ3v) is 2.46. The molecule has 0 radical (unpaired) electrons. The van der Waals surface area contributed by atoms with E-state index < -0.39 is 11.6 Å². The topological polar surface area (TPSA) is 63.0 Å². The highest BCUT2D eigenvalue weighted by Crippen LogP contribution is 2.23. The molecule has 0 aliphatic carbocycles. The molecule has 0 aliphatic rings. The van der Waals surface area contributed by atoms with E-state index in [1.807, 2.05) is 19.1 Å². The number of aryl methyl sites for hydroxylation is 1. The van der Waals surface area contributed by atoms with Crippen LogP contribution in [-0.4, -0.2) is 4.98 Å². The Morgan fingerprint density at radius 3 is 2.44 bits per heavy atom. The molecule has 6 heteroatoms. The molecule has 1 aromatic heterocycles. The van der Waals surface area contributed by atoms with E-state index in [-0.39, 0.29) is 11.6 Å². The standard InChI is InChI=1S/C12H12F2N4/c1-7-4-2-3-5-10(7)16-11-8(13)6-9(14)12(17-11)18-15/h2-6H,15H2,1H3,(H2,16,17,18). The van der Waals surface area contributed by atoms with E-state index in [1.54, 1.807) is 12.1 Å². The maximum Gasteiger partial charge on any atom is 0.178 e. The summed E-state index contributed by atoms with van der Waals surface area (Å²) in [5.74, 6) is 3.17.